The molecule has 0 aliphatic heterocycles. The Hall–Kier alpha value is -1.88. The molecule has 5 nitrogen and oxygen atoms in total. The summed E-state index contributed by atoms with van der Waals surface area (Å²) in [5, 5.41) is 20.0. The fraction of sp³-hybridized carbons (Fsp3) is 0.333. The number of aliphatic carboxylic acids is 2. The maximum Gasteiger partial charge on any atom is 0.332 e. The highest BCUT2D eigenvalue weighted by atomic mass is 16.4. The lowest BCUT2D eigenvalue weighted by molar-refractivity contribution is -0.151. The van der Waals surface area contributed by atoms with Gasteiger partial charge in [-0.25, -0.2) is 9.59 Å². The van der Waals surface area contributed by atoms with E-state index in [2.05, 4.69) is 5.32 Å². The third-order valence-electron chi connectivity index (χ3n) is 2.33. The molecule has 0 saturated carbocycles. The largest absolute Gasteiger partial charge is 0.480 e. The van der Waals surface area contributed by atoms with Crippen molar-refractivity contribution in [3.8, 4) is 0 Å². The normalized spacial score (nSPS) is 12.4. The van der Waals surface area contributed by atoms with Gasteiger partial charge in [0.05, 0.1) is 0 Å². The highest BCUT2D eigenvalue weighted by molar-refractivity contribution is 5.97. The molecule has 3 N–H and O–H groups in total. The van der Waals surface area contributed by atoms with Gasteiger partial charge in [0.15, 0.2) is 0 Å². The van der Waals surface area contributed by atoms with Gasteiger partial charge in [0.2, 0.25) is 6.04 Å². The molecule has 0 saturated heterocycles. The highest BCUT2D eigenvalue weighted by Gasteiger charge is 2.26. The summed E-state index contributed by atoms with van der Waals surface area (Å²) in [5.41, 5.74) is 1.03. The van der Waals surface area contributed by atoms with Gasteiger partial charge in [0, 0.05) is 6.04 Å². The van der Waals surface area contributed by atoms with Crippen molar-refractivity contribution < 1.29 is 19.8 Å². The topological polar surface area (TPSA) is 86.6 Å². The lowest BCUT2D eigenvalue weighted by Crippen LogP contribution is -2.48. The molecule has 0 aromatic heterocycles. The Morgan fingerprint density at radius 2 is 1.71 bits per heavy atom. The summed E-state index contributed by atoms with van der Waals surface area (Å²) in [5.74, 6) is -2.75. The average molecular weight is 237 g/mol. The van der Waals surface area contributed by atoms with E-state index in [0.29, 0.717) is 6.42 Å². The minimum atomic E-state index is -1.56. The standard InChI is InChI=1S/C12H15NO4/c1-8(7-9-5-3-2-4-6-9)13-10(11(14)15)12(16)17/h2-6,8,10,13H,7H2,1H3,(H,14,15)(H,16,17). The lowest BCUT2D eigenvalue weighted by Gasteiger charge is -2.17. The number of carbonyl (C=O) groups is 2. The predicted octanol–water partition coefficient (Wildman–Crippen LogP) is 0.745. The fourth-order valence-corrected chi connectivity index (χ4v) is 1.56. The first-order chi connectivity index (χ1) is 8.00. The van der Waals surface area contributed by atoms with Crippen LogP contribution in [0, 0.1) is 0 Å². The minimum absolute atomic E-state index is 0.227. The summed E-state index contributed by atoms with van der Waals surface area (Å²) in [7, 11) is 0. The SMILES string of the molecule is CC(Cc1ccccc1)NC(C(=O)O)C(=O)O. The number of hydrogen-bond donors (Lipinski definition) is 3. The van der Waals surface area contributed by atoms with Gasteiger partial charge in [-0.1, -0.05) is 30.3 Å². The van der Waals surface area contributed by atoms with Gasteiger partial charge in [-0.15, -0.1) is 0 Å². The zero-order valence-corrected chi connectivity index (χ0v) is 9.46. The van der Waals surface area contributed by atoms with Gasteiger partial charge < -0.3 is 10.2 Å². The molecule has 1 unspecified atom stereocenters. The summed E-state index contributed by atoms with van der Waals surface area (Å²) in [6.45, 7) is 1.76. The monoisotopic (exact) mass is 237 g/mol. The van der Waals surface area contributed by atoms with E-state index in [1.807, 2.05) is 30.3 Å². The van der Waals surface area contributed by atoms with Gasteiger partial charge in [-0.05, 0) is 18.9 Å². The van der Waals surface area contributed by atoms with Crippen LogP contribution < -0.4 is 5.32 Å². The van der Waals surface area contributed by atoms with Crippen molar-refractivity contribution >= 4 is 11.9 Å². The Morgan fingerprint density at radius 3 is 2.18 bits per heavy atom. The van der Waals surface area contributed by atoms with E-state index in [1.165, 1.54) is 0 Å². The van der Waals surface area contributed by atoms with Crippen LogP contribution in [0.4, 0.5) is 0 Å². The average Bonchev–Trinajstić information content (AvgIpc) is 2.26. The molecular formula is C12H15NO4. The number of carboxylic acids is 2. The maximum atomic E-state index is 10.7. The fourth-order valence-electron chi connectivity index (χ4n) is 1.56. The predicted molar refractivity (Wildman–Crippen MR) is 61.8 cm³/mol. The molecule has 17 heavy (non-hydrogen) atoms. The van der Waals surface area contributed by atoms with Crippen LogP contribution in [0.2, 0.25) is 0 Å². The molecule has 0 aliphatic rings. The molecule has 5 heteroatoms. The second-order valence-electron chi connectivity index (χ2n) is 3.87. The number of rotatable bonds is 6. The molecule has 92 valence electrons. The van der Waals surface area contributed by atoms with Crippen LogP contribution in [-0.4, -0.2) is 34.2 Å². The summed E-state index contributed by atoms with van der Waals surface area (Å²) < 4.78 is 0. The molecule has 1 aromatic rings. The third-order valence-corrected chi connectivity index (χ3v) is 2.33. The Labute approximate surface area is 99.1 Å². The lowest BCUT2D eigenvalue weighted by atomic mass is 10.1. The molecule has 0 spiro atoms. The minimum Gasteiger partial charge on any atom is -0.480 e. The van der Waals surface area contributed by atoms with Crippen molar-refractivity contribution in [3.05, 3.63) is 35.9 Å². The molecule has 1 atom stereocenters. The van der Waals surface area contributed by atoms with Crippen LogP contribution in [0.3, 0.4) is 0 Å². The van der Waals surface area contributed by atoms with Crippen molar-refractivity contribution in [2.45, 2.75) is 25.4 Å². The molecule has 0 fully saturated rings. The smallest absolute Gasteiger partial charge is 0.332 e. The Bertz CT molecular complexity index is 377. The van der Waals surface area contributed by atoms with Crippen LogP contribution in [-0.2, 0) is 16.0 Å². The van der Waals surface area contributed by atoms with Gasteiger partial charge in [-0.2, -0.15) is 0 Å². The molecule has 0 bridgehead atoms. The van der Waals surface area contributed by atoms with E-state index in [4.69, 9.17) is 10.2 Å². The first-order valence-electron chi connectivity index (χ1n) is 5.26. The maximum absolute atomic E-state index is 10.7. The van der Waals surface area contributed by atoms with E-state index in [-0.39, 0.29) is 6.04 Å². The molecule has 0 heterocycles. The Balaban J connectivity index is 2.57. The number of hydrogen-bond acceptors (Lipinski definition) is 3. The number of carboxylic acid groups (broad SMARTS) is 2. The number of nitrogens with one attached hydrogen (secondary N) is 1. The van der Waals surface area contributed by atoms with Gasteiger partial charge in [0.1, 0.15) is 0 Å². The second kappa shape index (κ2) is 6.00. The summed E-state index contributed by atoms with van der Waals surface area (Å²) >= 11 is 0. The van der Waals surface area contributed by atoms with Crippen molar-refractivity contribution in [1.82, 2.24) is 5.32 Å². The van der Waals surface area contributed by atoms with Crippen molar-refractivity contribution in [2.24, 2.45) is 0 Å². The van der Waals surface area contributed by atoms with Crippen LogP contribution in [0.1, 0.15) is 12.5 Å². The summed E-state index contributed by atoms with van der Waals surface area (Å²) in [6, 6.07) is 7.69. The zero-order chi connectivity index (χ0) is 12.8. The zero-order valence-electron chi connectivity index (χ0n) is 9.46. The number of benzene rings is 1. The van der Waals surface area contributed by atoms with E-state index in [0.717, 1.165) is 5.56 Å². The van der Waals surface area contributed by atoms with Crippen molar-refractivity contribution in [2.75, 3.05) is 0 Å². The third kappa shape index (κ3) is 4.24. The highest BCUT2D eigenvalue weighted by Crippen LogP contribution is 2.03. The van der Waals surface area contributed by atoms with Crippen LogP contribution in [0.25, 0.3) is 0 Å². The summed E-state index contributed by atoms with van der Waals surface area (Å²) in [4.78, 5) is 21.4. The van der Waals surface area contributed by atoms with Crippen molar-refractivity contribution in [3.63, 3.8) is 0 Å². The Kier molecular flexibility index (Phi) is 4.66. The molecule has 0 radical (unpaired) electrons. The van der Waals surface area contributed by atoms with Crippen molar-refractivity contribution in [1.29, 1.82) is 0 Å². The molecular weight excluding hydrogens is 222 g/mol. The molecule has 0 aliphatic carbocycles. The van der Waals surface area contributed by atoms with E-state index < -0.39 is 18.0 Å². The van der Waals surface area contributed by atoms with E-state index >= 15 is 0 Å². The second-order valence-corrected chi connectivity index (χ2v) is 3.87. The van der Waals surface area contributed by atoms with Gasteiger partial charge in [-0.3, -0.25) is 5.32 Å². The quantitative estimate of drug-likeness (QED) is 0.635. The van der Waals surface area contributed by atoms with Crippen LogP contribution in [0.15, 0.2) is 30.3 Å². The van der Waals surface area contributed by atoms with E-state index in [9.17, 15) is 9.59 Å². The first-order valence-corrected chi connectivity index (χ1v) is 5.26. The first kappa shape index (κ1) is 13.2. The van der Waals surface area contributed by atoms with Gasteiger partial charge in [0.25, 0.3) is 0 Å². The molecule has 0 amide bonds. The Morgan fingerprint density at radius 1 is 1.18 bits per heavy atom. The summed E-state index contributed by atoms with van der Waals surface area (Å²) in [6.07, 6.45) is 0.581. The van der Waals surface area contributed by atoms with Crippen LogP contribution >= 0.6 is 0 Å². The molecule has 1 aromatic carbocycles. The van der Waals surface area contributed by atoms with E-state index in [1.54, 1.807) is 6.92 Å². The van der Waals surface area contributed by atoms with Crippen LogP contribution in [0.5, 0.6) is 0 Å². The molecule has 1 rings (SSSR count). The van der Waals surface area contributed by atoms with Gasteiger partial charge >= 0.3 is 11.9 Å².